The smallest absolute Gasteiger partial charge is 0.407 e. The molecule has 0 aliphatic heterocycles. The van der Waals surface area contributed by atoms with Crippen LogP contribution in [0.3, 0.4) is 0 Å². The summed E-state index contributed by atoms with van der Waals surface area (Å²) in [5.74, 6) is -0.366. The van der Waals surface area contributed by atoms with Crippen LogP contribution in [0.4, 0.5) is 9.59 Å². The summed E-state index contributed by atoms with van der Waals surface area (Å²) < 4.78 is 12.5. The lowest BCUT2D eigenvalue weighted by atomic mass is 10.0. The molecule has 10 heteroatoms. The number of aryl methyl sites for hydroxylation is 1. The predicted molar refractivity (Wildman–Crippen MR) is 167 cm³/mol. The second-order valence-corrected chi connectivity index (χ2v) is 11.3. The van der Waals surface area contributed by atoms with Gasteiger partial charge in [-0.05, 0) is 6.42 Å². The minimum Gasteiger partial charge on any atom is -1.00 e. The van der Waals surface area contributed by atoms with Crippen LogP contribution < -0.4 is 27.6 Å². The largest absolute Gasteiger partial charge is 1.00 e. The molecule has 0 aromatic carbocycles. The number of methoxy groups -OCH3 is 1. The molecule has 0 bridgehead atoms. The first-order chi connectivity index (χ1) is 20.4. The van der Waals surface area contributed by atoms with Gasteiger partial charge in [0.05, 0.1) is 0 Å². The molecule has 1 unspecified atom stereocenters. The third-order valence-corrected chi connectivity index (χ3v) is 7.62. The Morgan fingerprint density at radius 3 is 1.86 bits per heavy atom. The average Bonchev–Trinajstić information content (AvgIpc) is 2.98. The number of hydrogen-bond acceptors (Lipinski definition) is 5. The number of alkyl carbamates (subject to hydrolysis) is 1. The molecule has 43 heavy (non-hydrogen) atoms. The number of ether oxygens (including phenoxy) is 2. The molecule has 1 heterocycles. The predicted octanol–water partition coefficient (Wildman–Crippen LogP) is 3.58. The van der Waals surface area contributed by atoms with Gasteiger partial charge in [0.25, 0.3) is 0 Å². The molecule has 1 aromatic heterocycles. The Morgan fingerprint density at radius 1 is 0.837 bits per heavy atom. The Bertz CT molecular complexity index is 873. The van der Waals surface area contributed by atoms with Gasteiger partial charge in [-0.25, -0.2) is 14.2 Å². The average molecular weight is 627 g/mol. The van der Waals surface area contributed by atoms with Crippen molar-refractivity contribution in [1.82, 2.24) is 15.5 Å². The number of nitrogens with zero attached hydrogens (tertiary/aromatic N) is 2. The molecule has 248 valence electrons. The van der Waals surface area contributed by atoms with Gasteiger partial charge in [-0.1, -0.05) is 109 Å². The Kier molecular flexibility index (Phi) is 25.7. The Labute approximate surface area is 267 Å². The highest BCUT2D eigenvalue weighted by Gasteiger charge is 2.23. The number of urea groups is 1. The van der Waals surface area contributed by atoms with E-state index in [1.165, 1.54) is 104 Å². The van der Waals surface area contributed by atoms with E-state index in [0.29, 0.717) is 6.54 Å². The summed E-state index contributed by atoms with van der Waals surface area (Å²) in [6.45, 7) is 4.45. The first-order valence-electron chi connectivity index (χ1n) is 16.3. The van der Waals surface area contributed by atoms with E-state index in [2.05, 4.69) is 17.6 Å². The highest BCUT2D eigenvalue weighted by molar-refractivity contribution is 5.93. The lowest BCUT2D eigenvalue weighted by Gasteiger charge is -2.21. The van der Waals surface area contributed by atoms with E-state index in [1.54, 1.807) is 0 Å². The van der Waals surface area contributed by atoms with Crippen molar-refractivity contribution >= 4 is 18.0 Å². The van der Waals surface area contributed by atoms with Crippen LogP contribution in [0.25, 0.3) is 0 Å². The maximum Gasteiger partial charge on any atom is 0.407 e. The van der Waals surface area contributed by atoms with Crippen molar-refractivity contribution in [2.75, 3.05) is 26.8 Å². The van der Waals surface area contributed by atoms with Crippen LogP contribution in [0.1, 0.15) is 122 Å². The number of pyridine rings is 1. The van der Waals surface area contributed by atoms with Crippen LogP contribution in [0.2, 0.25) is 0 Å². The SMILES string of the molecule is CCCCCCCCCCCCCCCCCCNC(=O)OCC(CNC(=O)N(Cc1cccc[n+]1C)C(C)=O)OC.[Cl-]. The summed E-state index contributed by atoms with van der Waals surface area (Å²) in [5.41, 5.74) is 0.815. The number of unbranched alkanes of at least 4 members (excludes halogenated alkanes) is 15. The normalized spacial score (nSPS) is 11.3. The highest BCUT2D eigenvalue weighted by atomic mass is 35.5. The second kappa shape index (κ2) is 27.2. The second-order valence-electron chi connectivity index (χ2n) is 11.3. The summed E-state index contributed by atoms with van der Waals surface area (Å²) in [6.07, 6.45) is 21.8. The van der Waals surface area contributed by atoms with E-state index in [4.69, 9.17) is 9.47 Å². The van der Waals surface area contributed by atoms with Crippen molar-refractivity contribution in [3.05, 3.63) is 30.1 Å². The minimum atomic E-state index is -0.531. The monoisotopic (exact) mass is 626 g/mol. The highest BCUT2D eigenvalue weighted by Crippen LogP contribution is 2.13. The van der Waals surface area contributed by atoms with E-state index in [9.17, 15) is 14.4 Å². The fourth-order valence-electron chi connectivity index (χ4n) is 4.80. The number of carbonyl (C=O) groups excluding carboxylic acids is 3. The number of hydrogen-bond donors (Lipinski definition) is 2. The number of aromatic nitrogens is 1. The molecule has 0 saturated heterocycles. The number of amides is 4. The zero-order chi connectivity index (χ0) is 30.8. The molecule has 1 atom stereocenters. The molecule has 0 aliphatic rings. The van der Waals surface area contributed by atoms with Crippen LogP contribution in [-0.2, 0) is 27.9 Å². The van der Waals surface area contributed by atoms with E-state index >= 15 is 0 Å². The first-order valence-corrected chi connectivity index (χ1v) is 16.3. The summed E-state index contributed by atoms with van der Waals surface area (Å²) in [6, 6.07) is 5.06. The molecular weight excluding hydrogens is 568 g/mol. The van der Waals surface area contributed by atoms with E-state index in [-0.39, 0.29) is 38.0 Å². The number of rotatable bonds is 24. The zero-order valence-corrected chi connectivity index (χ0v) is 28.1. The fourth-order valence-corrected chi connectivity index (χ4v) is 4.80. The van der Waals surface area contributed by atoms with Crippen molar-refractivity contribution in [1.29, 1.82) is 0 Å². The maximum atomic E-state index is 12.7. The zero-order valence-electron chi connectivity index (χ0n) is 27.3. The molecule has 0 saturated carbocycles. The van der Waals surface area contributed by atoms with Crippen LogP contribution >= 0.6 is 0 Å². The molecule has 9 nitrogen and oxygen atoms in total. The Balaban J connectivity index is 0.0000176. The van der Waals surface area contributed by atoms with Gasteiger partial charge in [-0.2, -0.15) is 0 Å². The summed E-state index contributed by atoms with van der Waals surface area (Å²) in [5, 5.41) is 5.49. The molecule has 1 rings (SSSR count). The number of nitrogens with one attached hydrogen (secondary N) is 2. The molecule has 0 aliphatic carbocycles. The van der Waals surface area contributed by atoms with Gasteiger partial charge in [0.1, 0.15) is 26.3 Å². The fraction of sp³-hybridized carbons (Fsp3) is 0.758. The van der Waals surface area contributed by atoms with Crippen molar-refractivity contribution < 1.29 is 40.8 Å². The van der Waals surface area contributed by atoms with Gasteiger partial charge in [0.15, 0.2) is 6.20 Å². The number of imide groups is 1. The van der Waals surface area contributed by atoms with Gasteiger partial charge >= 0.3 is 12.1 Å². The van der Waals surface area contributed by atoms with Crippen LogP contribution in [0.15, 0.2) is 24.4 Å². The van der Waals surface area contributed by atoms with Crippen LogP contribution in [0.5, 0.6) is 0 Å². The van der Waals surface area contributed by atoms with E-state index in [0.717, 1.165) is 23.4 Å². The topological polar surface area (TPSA) is 101 Å². The van der Waals surface area contributed by atoms with Crippen molar-refractivity contribution in [2.45, 2.75) is 129 Å². The van der Waals surface area contributed by atoms with Gasteiger partial charge in [-0.15, -0.1) is 0 Å². The number of halogens is 1. The molecule has 0 radical (unpaired) electrons. The van der Waals surface area contributed by atoms with Crippen LogP contribution in [0, 0.1) is 0 Å². The molecule has 0 fully saturated rings. The Hall–Kier alpha value is -2.39. The van der Waals surface area contributed by atoms with Crippen molar-refractivity contribution in [3.63, 3.8) is 0 Å². The van der Waals surface area contributed by atoms with Crippen LogP contribution in [-0.4, -0.2) is 55.8 Å². The van der Waals surface area contributed by atoms with Gasteiger partial charge in [-0.3, -0.25) is 9.69 Å². The molecule has 0 spiro atoms. The standard InChI is InChI=1S/C33H58N4O5.ClH/c1-5-6-7-8-9-10-11-12-13-14-15-16-17-18-19-21-24-34-33(40)42-28-31(41-4)26-35-32(39)37(29(2)38)27-30-23-20-22-25-36(30)3;/h20,22-23,25,31H,5-19,21,24,26-28H2,1-4H3,(H-,34,35,39,40);1H. The molecular formula is C33H59ClN4O5. The molecule has 1 aromatic rings. The van der Waals surface area contributed by atoms with Gasteiger partial charge in [0.2, 0.25) is 11.6 Å². The quantitative estimate of drug-likeness (QED) is 0.135. The minimum absolute atomic E-state index is 0. The van der Waals surface area contributed by atoms with Gasteiger partial charge < -0.3 is 32.5 Å². The summed E-state index contributed by atoms with van der Waals surface area (Å²) in [7, 11) is 3.34. The number of carbonyl (C=O) groups is 3. The lowest BCUT2D eigenvalue weighted by Crippen LogP contribution is -3.00. The Morgan fingerprint density at radius 2 is 1.37 bits per heavy atom. The van der Waals surface area contributed by atoms with E-state index in [1.807, 2.05) is 36.0 Å². The molecule has 4 amide bonds. The van der Waals surface area contributed by atoms with Crippen molar-refractivity contribution in [3.8, 4) is 0 Å². The lowest BCUT2D eigenvalue weighted by molar-refractivity contribution is -0.679. The maximum absolute atomic E-state index is 12.7. The third-order valence-electron chi connectivity index (χ3n) is 7.62. The van der Waals surface area contributed by atoms with Gasteiger partial charge in [0, 0.05) is 39.3 Å². The third kappa shape index (κ3) is 21.0. The molecule has 2 N–H and O–H groups in total. The first kappa shape index (κ1) is 40.6. The van der Waals surface area contributed by atoms with Crippen molar-refractivity contribution in [2.24, 2.45) is 7.05 Å². The summed E-state index contributed by atoms with van der Waals surface area (Å²) >= 11 is 0. The van der Waals surface area contributed by atoms with E-state index < -0.39 is 18.2 Å². The summed E-state index contributed by atoms with van der Waals surface area (Å²) in [4.78, 5) is 37.9.